The first kappa shape index (κ1) is 18.1. The van der Waals surface area contributed by atoms with Crippen molar-refractivity contribution in [2.45, 2.75) is 32.7 Å². The van der Waals surface area contributed by atoms with Gasteiger partial charge in [-0.2, -0.15) is 0 Å². The van der Waals surface area contributed by atoms with E-state index in [2.05, 4.69) is 5.32 Å². The first-order valence-corrected chi connectivity index (χ1v) is 8.87. The second-order valence-electron chi connectivity index (χ2n) is 6.83. The highest BCUT2D eigenvalue weighted by molar-refractivity contribution is 5.95. The molecule has 1 aliphatic heterocycles. The van der Waals surface area contributed by atoms with Crippen LogP contribution in [0.2, 0.25) is 0 Å². The lowest BCUT2D eigenvalue weighted by molar-refractivity contribution is -0.119. The molecule has 0 aliphatic carbocycles. The molecule has 2 aromatic carbocycles. The number of hydrogen-bond donors (Lipinski definition) is 1. The normalized spacial score (nSPS) is 15.0. The summed E-state index contributed by atoms with van der Waals surface area (Å²) in [4.78, 5) is 25.4. The Bertz CT molecular complexity index is 809. The SMILES string of the molecule is CC(=O)NC1CCN(C(=O)c2ccc(-c3ccc(C)cc3)cc2F)CC1. The summed E-state index contributed by atoms with van der Waals surface area (Å²) >= 11 is 0. The van der Waals surface area contributed by atoms with Crippen LogP contribution in [0.5, 0.6) is 0 Å². The van der Waals surface area contributed by atoms with E-state index in [-0.39, 0.29) is 23.4 Å². The van der Waals surface area contributed by atoms with E-state index in [1.165, 1.54) is 13.0 Å². The van der Waals surface area contributed by atoms with E-state index in [0.29, 0.717) is 25.9 Å². The first-order valence-electron chi connectivity index (χ1n) is 8.87. The number of amides is 2. The number of nitrogens with zero attached hydrogens (tertiary/aromatic N) is 1. The van der Waals surface area contributed by atoms with Crippen molar-refractivity contribution in [1.29, 1.82) is 0 Å². The van der Waals surface area contributed by atoms with Crippen LogP contribution < -0.4 is 5.32 Å². The highest BCUT2D eigenvalue weighted by Crippen LogP contribution is 2.24. The van der Waals surface area contributed by atoms with Gasteiger partial charge in [-0.15, -0.1) is 0 Å². The molecule has 0 radical (unpaired) electrons. The van der Waals surface area contributed by atoms with E-state index in [4.69, 9.17) is 0 Å². The van der Waals surface area contributed by atoms with Crippen molar-refractivity contribution in [1.82, 2.24) is 10.2 Å². The molecule has 0 unspecified atom stereocenters. The van der Waals surface area contributed by atoms with Crippen molar-refractivity contribution < 1.29 is 14.0 Å². The highest BCUT2D eigenvalue weighted by Gasteiger charge is 2.25. The average molecular weight is 354 g/mol. The van der Waals surface area contributed by atoms with Crippen LogP contribution in [0.1, 0.15) is 35.7 Å². The molecule has 0 bridgehead atoms. The predicted octanol–water partition coefficient (Wildman–Crippen LogP) is 3.54. The van der Waals surface area contributed by atoms with Crippen molar-refractivity contribution in [2.24, 2.45) is 0 Å². The van der Waals surface area contributed by atoms with Gasteiger partial charge < -0.3 is 10.2 Å². The van der Waals surface area contributed by atoms with E-state index in [1.54, 1.807) is 17.0 Å². The van der Waals surface area contributed by atoms with Crippen LogP contribution in [0.25, 0.3) is 11.1 Å². The van der Waals surface area contributed by atoms with Crippen LogP contribution in [0.4, 0.5) is 4.39 Å². The summed E-state index contributed by atoms with van der Waals surface area (Å²) in [6, 6.07) is 12.7. The van der Waals surface area contributed by atoms with E-state index >= 15 is 0 Å². The van der Waals surface area contributed by atoms with Crippen LogP contribution in [0.3, 0.4) is 0 Å². The quantitative estimate of drug-likeness (QED) is 0.916. The zero-order valence-electron chi connectivity index (χ0n) is 15.1. The number of likely N-dealkylation sites (tertiary alicyclic amines) is 1. The van der Waals surface area contributed by atoms with Crippen LogP contribution in [-0.4, -0.2) is 35.8 Å². The number of carbonyl (C=O) groups excluding carboxylic acids is 2. The summed E-state index contributed by atoms with van der Waals surface area (Å²) in [5, 5.41) is 2.87. The van der Waals surface area contributed by atoms with Gasteiger partial charge in [-0.25, -0.2) is 4.39 Å². The van der Waals surface area contributed by atoms with Crippen molar-refractivity contribution in [3.05, 3.63) is 59.4 Å². The van der Waals surface area contributed by atoms with Gasteiger partial charge in [0.15, 0.2) is 0 Å². The maximum absolute atomic E-state index is 14.6. The molecule has 2 amide bonds. The number of aryl methyl sites for hydroxylation is 1. The van der Waals surface area contributed by atoms with Crippen molar-refractivity contribution in [3.8, 4) is 11.1 Å². The Balaban J connectivity index is 1.70. The molecule has 0 saturated carbocycles. The Morgan fingerprint density at radius 3 is 2.23 bits per heavy atom. The third-order valence-electron chi connectivity index (χ3n) is 4.77. The van der Waals surface area contributed by atoms with Gasteiger partial charge in [-0.1, -0.05) is 35.9 Å². The Morgan fingerprint density at radius 2 is 1.65 bits per heavy atom. The van der Waals surface area contributed by atoms with Gasteiger partial charge >= 0.3 is 0 Å². The molecule has 1 N–H and O–H groups in total. The third kappa shape index (κ3) is 4.10. The monoisotopic (exact) mass is 354 g/mol. The second-order valence-corrected chi connectivity index (χ2v) is 6.83. The summed E-state index contributed by atoms with van der Waals surface area (Å²) in [5.74, 6) is -0.858. The third-order valence-corrected chi connectivity index (χ3v) is 4.77. The van der Waals surface area contributed by atoms with E-state index in [0.717, 1.165) is 16.7 Å². The molecule has 1 aliphatic rings. The minimum atomic E-state index is -0.503. The summed E-state index contributed by atoms with van der Waals surface area (Å²) < 4.78 is 14.6. The number of carbonyl (C=O) groups is 2. The number of nitrogens with one attached hydrogen (secondary N) is 1. The summed E-state index contributed by atoms with van der Waals surface area (Å²) in [6.07, 6.45) is 1.38. The van der Waals surface area contributed by atoms with Gasteiger partial charge in [0, 0.05) is 26.1 Å². The van der Waals surface area contributed by atoms with Crippen LogP contribution >= 0.6 is 0 Å². The van der Waals surface area contributed by atoms with Crippen LogP contribution in [0, 0.1) is 12.7 Å². The molecule has 136 valence electrons. The Labute approximate surface area is 153 Å². The largest absolute Gasteiger partial charge is 0.353 e. The minimum absolute atomic E-state index is 0.0625. The fourth-order valence-corrected chi connectivity index (χ4v) is 3.30. The molecular formula is C21H23FN2O2. The average Bonchev–Trinajstić information content (AvgIpc) is 2.62. The molecule has 26 heavy (non-hydrogen) atoms. The summed E-state index contributed by atoms with van der Waals surface area (Å²) in [5.41, 5.74) is 2.91. The molecule has 0 spiro atoms. The van der Waals surface area contributed by atoms with Crippen LogP contribution in [0.15, 0.2) is 42.5 Å². The van der Waals surface area contributed by atoms with Gasteiger partial charge in [0.2, 0.25) is 5.91 Å². The number of hydrogen-bond acceptors (Lipinski definition) is 2. The zero-order valence-corrected chi connectivity index (χ0v) is 15.1. The van der Waals surface area contributed by atoms with Crippen molar-refractivity contribution in [2.75, 3.05) is 13.1 Å². The van der Waals surface area contributed by atoms with Crippen LogP contribution in [-0.2, 0) is 4.79 Å². The lowest BCUT2D eigenvalue weighted by Crippen LogP contribution is -2.46. The Hall–Kier alpha value is -2.69. The van der Waals surface area contributed by atoms with Gasteiger partial charge in [-0.3, -0.25) is 9.59 Å². The lowest BCUT2D eigenvalue weighted by atomic mass is 10.0. The molecular weight excluding hydrogens is 331 g/mol. The molecule has 1 heterocycles. The molecule has 2 aromatic rings. The van der Waals surface area contributed by atoms with Gasteiger partial charge in [0.1, 0.15) is 5.82 Å². The number of benzene rings is 2. The van der Waals surface area contributed by atoms with E-state index in [9.17, 15) is 14.0 Å². The molecule has 1 fully saturated rings. The predicted molar refractivity (Wildman–Crippen MR) is 99.3 cm³/mol. The number of rotatable bonds is 3. The Kier molecular flexibility index (Phi) is 5.35. The first-order chi connectivity index (χ1) is 12.4. The standard InChI is InChI=1S/C21H23FN2O2/c1-14-3-5-16(6-4-14)17-7-8-19(20(22)13-17)21(26)24-11-9-18(10-12-24)23-15(2)25/h3-8,13,18H,9-12H2,1-2H3,(H,23,25). The molecule has 4 nitrogen and oxygen atoms in total. The highest BCUT2D eigenvalue weighted by atomic mass is 19.1. The molecule has 0 aromatic heterocycles. The fraction of sp³-hybridized carbons (Fsp3) is 0.333. The minimum Gasteiger partial charge on any atom is -0.353 e. The number of piperidine rings is 1. The summed E-state index contributed by atoms with van der Waals surface area (Å²) in [7, 11) is 0. The molecule has 1 saturated heterocycles. The smallest absolute Gasteiger partial charge is 0.256 e. The van der Waals surface area contributed by atoms with Crippen molar-refractivity contribution in [3.63, 3.8) is 0 Å². The molecule has 5 heteroatoms. The van der Waals surface area contributed by atoms with E-state index < -0.39 is 5.82 Å². The zero-order chi connectivity index (χ0) is 18.7. The van der Waals surface area contributed by atoms with E-state index in [1.807, 2.05) is 31.2 Å². The lowest BCUT2D eigenvalue weighted by Gasteiger charge is -2.32. The Morgan fingerprint density at radius 1 is 1.04 bits per heavy atom. The maximum atomic E-state index is 14.6. The maximum Gasteiger partial charge on any atom is 0.256 e. The molecule has 0 atom stereocenters. The summed E-state index contributed by atoms with van der Waals surface area (Å²) in [6.45, 7) is 4.52. The molecule has 3 rings (SSSR count). The van der Waals surface area contributed by atoms with Crippen molar-refractivity contribution >= 4 is 11.8 Å². The van der Waals surface area contributed by atoms with Gasteiger partial charge in [-0.05, 0) is 43.0 Å². The van der Waals surface area contributed by atoms with Gasteiger partial charge in [0.25, 0.3) is 5.91 Å². The topological polar surface area (TPSA) is 49.4 Å². The second kappa shape index (κ2) is 7.68. The fourth-order valence-electron chi connectivity index (χ4n) is 3.30. The van der Waals surface area contributed by atoms with Gasteiger partial charge in [0.05, 0.1) is 5.56 Å². The number of halogens is 1.